The number of rotatable bonds is 3. The summed E-state index contributed by atoms with van der Waals surface area (Å²) in [6, 6.07) is 11.4. The second-order valence-corrected chi connectivity index (χ2v) is 5.93. The van der Waals surface area contributed by atoms with E-state index in [2.05, 4.69) is 4.98 Å². The molecule has 1 aliphatic rings. The molecule has 5 heteroatoms. The van der Waals surface area contributed by atoms with Crippen LogP contribution in [0.3, 0.4) is 0 Å². The molecule has 2 aromatic rings. The maximum absolute atomic E-state index is 12.6. The number of nitrogen functional groups attached to an aromatic ring is 1. The topological polar surface area (TPSA) is 59.2 Å². The highest BCUT2D eigenvalue weighted by molar-refractivity contribution is 6.31. The molecule has 114 valence electrons. The smallest absolute Gasteiger partial charge is 0.229 e. The number of nitrogens with zero attached hydrogens (tertiary/aromatic N) is 2. The quantitative estimate of drug-likeness (QED) is 0.946. The van der Waals surface area contributed by atoms with Gasteiger partial charge in [-0.15, -0.1) is 0 Å². The van der Waals surface area contributed by atoms with Gasteiger partial charge in [-0.2, -0.15) is 0 Å². The monoisotopic (exact) mass is 315 g/mol. The van der Waals surface area contributed by atoms with Crippen LogP contribution >= 0.6 is 11.6 Å². The average Bonchev–Trinajstić information content (AvgIpc) is 2.99. The van der Waals surface area contributed by atoms with Gasteiger partial charge in [0, 0.05) is 17.3 Å². The number of carbonyl (C=O) groups is 1. The van der Waals surface area contributed by atoms with Gasteiger partial charge in [0.1, 0.15) is 0 Å². The highest BCUT2D eigenvalue weighted by Gasteiger charge is 2.31. The van der Waals surface area contributed by atoms with Gasteiger partial charge in [-0.1, -0.05) is 29.8 Å². The van der Waals surface area contributed by atoms with Crippen molar-refractivity contribution in [1.29, 1.82) is 0 Å². The molecule has 1 fully saturated rings. The van der Waals surface area contributed by atoms with E-state index in [4.69, 9.17) is 17.3 Å². The van der Waals surface area contributed by atoms with Crippen molar-refractivity contribution in [2.45, 2.75) is 25.3 Å². The van der Waals surface area contributed by atoms with Crippen LogP contribution in [0.4, 0.5) is 5.69 Å². The van der Waals surface area contributed by atoms with Crippen LogP contribution in [0.15, 0.2) is 42.6 Å². The molecule has 2 N–H and O–H groups in total. The summed E-state index contributed by atoms with van der Waals surface area (Å²) in [6.07, 6.45) is 3.82. The average molecular weight is 316 g/mol. The number of hydrogen-bond donors (Lipinski definition) is 1. The number of hydrogen-bond acceptors (Lipinski definition) is 3. The Hall–Kier alpha value is -2.07. The number of anilines is 1. The molecule has 1 aromatic heterocycles. The molecule has 4 nitrogen and oxygen atoms in total. The first-order chi connectivity index (χ1) is 10.6. The molecule has 1 amide bonds. The maximum Gasteiger partial charge on any atom is 0.229 e. The van der Waals surface area contributed by atoms with Crippen LogP contribution in [0.2, 0.25) is 5.02 Å². The van der Waals surface area contributed by atoms with Gasteiger partial charge in [0.05, 0.1) is 24.3 Å². The summed E-state index contributed by atoms with van der Waals surface area (Å²) in [4.78, 5) is 18.7. The van der Waals surface area contributed by atoms with E-state index >= 15 is 0 Å². The fourth-order valence-electron chi connectivity index (χ4n) is 2.93. The minimum Gasteiger partial charge on any atom is -0.397 e. The zero-order chi connectivity index (χ0) is 15.5. The summed E-state index contributed by atoms with van der Waals surface area (Å²) in [5.41, 5.74) is 7.99. The SMILES string of the molecule is Nc1ccc(CC(=O)N2CCCC2c2ccccc2Cl)nc1. The van der Waals surface area contributed by atoms with E-state index < -0.39 is 0 Å². The Morgan fingerprint density at radius 3 is 2.86 bits per heavy atom. The zero-order valence-corrected chi connectivity index (χ0v) is 13.0. The highest BCUT2D eigenvalue weighted by Crippen LogP contribution is 2.35. The Morgan fingerprint density at radius 2 is 2.14 bits per heavy atom. The predicted molar refractivity (Wildman–Crippen MR) is 87.5 cm³/mol. The fraction of sp³-hybridized carbons (Fsp3) is 0.294. The lowest BCUT2D eigenvalue weighted by Gasteiger charge is -2.25. The van der Waals surface area contributed by atoms with Crippen LogP contribution in [0.5, 0.6) is 0 Å². The molecule has 1 aromatic carbocycles. The summed E-state index contributed by atoms with van der Waals surface area (Å²) >= 11 is 6.29. The maximum atomic E-state index is 12.6. The van der Waals surface area contributed by atoms with E-state index in [-0.39, 0.29) is 11.9 Å². The lowest BCUT2D eigenvalue weighted by Crippen LogP contribution is -2.32. The van der Waals surface area contributed by atoms with Gasteiger partial charge in [0.25, 0.3) is 0 Å². The summed E-state index contributed by atoms with van der Waals surface area (Å²) in [5.74, 6) is 0.0830. The molecule has 0 bridgehead atoms. The first-order valence-corrected chi connectivity index (χ1v) is 7.77. The summed E-state index contributed by atoms with van der Waals surface area (Å²) in [6.45, 7) is 0.768. The van der Waals surface area contributed by atoms with Crippen molar-refractivity contribution in [1.82, 2.24) is 9.88 Å². The summed E-state index contributed by atoms with van der Waals surface area (Å²) in [7, 11) is 0. The first-order valence-electron chi connectivity index (χ1n) is 7.39. The molecule has 0 saturated carbocycles. The highest BCUT2D eigenvalue weighted by atomic mass is 35.5. The Bertz CT molecular complexity index is 672. The van der Waals surface area contributed by atoms with Gasteiger partial charge >= 0.3 is 0 Å². The molecule has 0 spiro atoms. The predicted octanol–water partition coefficient (Wildman–Crippen LogP) is 3.22. The molecule has 3 rings (SSSR count). The minimum atomic E-state index is 0.0648. The fourth-order valence-corrected chi connectivity index (χ4v) is 3.19. The van der Waals surface area contributed by atoms with Crippen molar-refractivity contribution >= 4 is 23.2 Å². The van der Waals surface area contributed by atoms with E-state index in [0.717, 1.165) is 35.7 Å². The molecule has 1 aliphatic heterocycles. The number of aromatic nitrogens is 1. The number of amides is 1. The van der Waals surface area contributed by atoms with Crippen LogP contribution in [-0.4, -0.2) is 22.3 Å². The Kier molecular flexibility index (Phi) is 4.29. The number of carbonyl (C=O) groups excluding carboxylic acids is 1. The van der Waals surface area contributed by atoms with Crippen LogP contribution in [0, 0.1) is 0 Å². The van der Waals surface area contributed by atoms with Gasteiger partial charge in [-0.05, 0) is 36.6 Å². The Balaban J connectivity index is 1.76. The van der Waals surface area contributed by atoms with Crippen LogP contribution in [-0.2, 0) is 11.2 Å². The van der Waals surface area contributed by atoms with Crippen molar-refractivity contribution in [2.24, 2.45) is 0 Å². The number of benzene rings is 1. The Morgan fingerprint density at radius 1 is 1.32 bits per heavy atom. The van der Waals surface area contributed by atoms with Crippen molar-refractivity contribution in [3.63, 3.8) is 0 Å². The van der Waals surface area contributed by atoms with Crippen LogP contribution in [0.1, 0.15) is 30.1 Å². The van der Waals surface area contributed by atoms with Gasteiger partial charge in [-0.25, -0.2) is 0 Å². The third kappa shape index (κ3) is 3.07. The molecule has 1 unspecified atom stereocenters. The zero-order valence-electron chi connectivity index (χ0n) is 12.2. The van der Waals surface area contributed by atoms with Crippen molar-refractivity contribution in [2.75, 3.05) is 12.3 Å². The number of pyridine rings is 1. The van der Waals surface area contributed by atoms with E-state index in [1.165, 1.54) is 0 Å². The van der Waals surface area contributed by atoms with Crippen molar-refractivity contribution in [3.8, 4) is 0 Å². The number of likely N-dealkylation sites (tertiary alicyclic amines) is 1. The largest absolute Gasteiger partial charge is 0.397 e. The van der Waals surface area contributed by atoms with E-state index in [9.17, 15) is 4.79 Å². The second-order valence-electron chi connectivity index (χ2n) is 5.53. The minimum absolute atomic E-state index is 0.0648. The molecular weight excluding hydrogens is 298 g/mol. The van der Waals surface area contributed by atoms with Gasteiger partial charge < -0.3 is 10.6 Å². The lowest BCUT2D eigenvalue weighted by molar-refractivity contribution is -0.131. The molecule has 1 saturated heterocycles. The van der Waals surface area contributed by atoms with Gasteiger partial charge in [-0.3, -0.25) is 9.78 Å². The molecule has 22 heavy (non-hydrogen) atoms. The normalized spacial score (nSPS) is 17.7. The Labute approximate surface area is 134 Å². The molecule has 0 radical (unpaired) electrons. The van der Waals surface area contributed by atoms with Crippen molar-refractivity contribution in [3.05, 3.63) is 58.9 Å². The third-order valence-corrected chi connectivity index (χ3v) is 4.36. The van der Waals surface area contributed by atoms with Gasteiger partial charge in [0.2, 0.25) is 5.91 Å². The number of halogens is 1. The second kappa shape index (κ2) is 6.36. The molecule has 1 atom stereocenters. The summed E-state index contributed by atoms with van der Waals surface area (Å²) in [5, 5.41) is 0.720. The summed E-state index contributed by atoms with van der Waals surface area (Å²) < 4.78 is 0. The number of nitrogens with two attached hydrogens (primary N) is 1. The van der Waals surface area contributed by atoms with Gasteiger partial charge in [0.15, 0.2) is 0 Å². The van der Waals surface area contributed by atoms with E-state index in [1.807, 2.05) is 29.2 Å². The van der Waals surface area contributed by atoms with E-state index in [1.54, 1.807) is 18.3 Å². The standard InChI is InChI=1S/C17H18ClN3O/c18-15-5-2-1-4-14(15)16-6-3-9-21(16)17(22)10-13-8-7-12(19)11-20-13/h1-2,4-5,7-8,11,16H,3,6,9-10,19H2. The lowest BCUT2D eigenvalue weighted by atomic mass is 10.0. The third-order valence-electron chi connectivity index (χ3n) is 4.02. The first kappa shape index (κ1) is 14.9. The molecule has 2 heterocycles. The van der Waals surface area contributed by atoms with E-state index in [0.29, 0.717) is 12.1 Å². The molecular formula is C17H18ClN3O. The van der Waals surface area contributed by atoms with Crippen LogP contribution < -0.4 is 5.73 Å². The van der Waals surface area contributed by atoms with Crippen LogP contribution in [0.25, 0.3) is 0 Å². The van der Waals surface area contributed by atoms with Crippen molar-refractivity contribution < 1.29 is 4.79 Å². The molecule has 0 aliphatic carbocycles.